The van der Waals surface area contributed by atoms with E-state index in [0.29, 0.717) is 30.2 Å². The van der Waals surface area contributed by atoms with Crippen molar-refractivity contribution in [2.24, 2.45) is 0 Å². The highest BCUT2D eigenvalue weighted by atomic mass is 35.5. The molecule has 0 spiro atoms. The molecule has 1 amide bonds. The molecule has 0 saturated carbocycles. The molecule has 0 radical (unpaired) electrons. The number of ether oxygens (including phenoxy) is 2. The lowest BCUT2D eigenvalue weighted by atomic mass is 10.1. The highest BCUT2D eigenvalue weighted by Gasteiger charge is 2.16. The molecule has 0 atom stereocenters. The van der Waals surface area contributed by atoms with E-state index in [-0.39, 0.29) is 15.6 Å². The number of nitrogens with one attached hydrogen (secondary N) is 1. The molecule has 3 rings (SSSR count). The van der Waals surface area contributed by atoms with E-state index in [4.69, 9.17) is 32.7 Å². The van der Waals surface area contributed by atoms with Crippen LogP contribution in [0.25, 0.3) is 10.9 Å². The summed E-state index contributed by atoms with van der Waals surface area (Å²) in [6.07, 6.45) is 1.63. The number of aromatic nitrogens is 1. The maximum absolute atomic E-state index is 12.6. The lowest BCUT2D eigenvalue weighted by Crippen LogP contribution is -2.13. The Morgan fingerprint density at radius 2 is 1.81 bits per heavy atom. The van der Waals surface area contributed by atoms with Crippen molar-refractivity contribution in [2.75, 3.05) is 25.6 Å². The van der Waals surface area contributed by atoms with Gasteiger partial charge in [0.15, 0.2) is 0 Å². The molecule has 134 valence electrons. The summed E-state index contributed by atoms with van der Waals surface area (Å²) in [7, 11) is 1.61. The van der Waals surface area contributed by atoms with E-state index >= 15 is 0 Å². The minimum Gasteiger partial charge on any atom is -0.490 e. The first-order chi connectivity index (χ1) is 12.6. The zero-order valence-corrected chi connectivity index (χ0v) is 15.5. The molecule has 3 aromatic rings. The quantitative estimate of drug-likeness (QED) is 0.612. The van der Waals surface area contributed by atoms with Crippen molar-refractivity contribution in [3.8, 4) is 5.75 Å². The predicted molar refractivity (Wildman–Crippen MR) is 104 cm³/mol. The van der Waals surface area contributed by atoms with E-state index in [1.54, 1.807) is 43.6 Å². The Morgan fingerprint density at radius 1 is 1.08 bits per heavy atom. The van der Waals surface area contributed by atoms with Crippen molar-refractivity contribution in [2.45, 2.75) is 0 Å². The van der Waals surface area contributed by atoms with E-state index in [0.717, 1.165) is 5.39 Å². The average molecular weight is 391 g/mol. The number of hydrogen-bond donors (Lipinski definition) is 1. The minimum absolute atomic E-state index is 0.223. The molecule has 26 heavy (non-hydrogen) atoms. The van der Waals surface area contributed by atoms with Crippen LogP contribution in [0, 0.1) is 0 Å². The SMILES string of the molecule is COCCOc1ccnc2c(NC(=O)c3c(Cl)cccc3Cl)cccc12. The van der Waals surface area contributed by atoms with Gasteiger partial charge >= 0.3 is 0 Å². The van der Waals surface area contributed by atoms with Crippen LogP contribution < -0.4 is 10.1 Å². The number of carbonyl (C=O) groups is 1. The van der Waals surface area contributed by atoms with E-state index in [1.165, 1.54) is 0 Å². The number of rotatable bonds is 6. The molecule has 5 nitrogen and oxygen atoms in total. The summed E-state index contributed by atoms with van der Waals surface area (Å²) in [5.41, 5.74) is 1.37. The molecule has 0 unspecified atom stereocenters. The number of pyridine rings is 1. The van der Waals surface area contributed by atoms with Crippen LogP contribution in [-0.2, 0) is 4.74 Å². The van der Waals surface area contributed by atoms with Gasteiger partial charge in [0.05, 0.1) is 33.4 Å². The maximum Gasteiger partial charge on any atom is 0.258 e. The van der Waals surface area contributed by atoms with Gasteiger partial charge in [0.1, 0.15) is 12.4 Å². The molecule has 0 aliphatic rings. The number of amides is 1. The number of halogens is 2. The Morgan fingerprint density at radius 3 is 2.54 bits per heavy atom. The van der Waals surface area contributed by atoms with Crippen molar-refractivity contribution in [1.29, 1.82) is 0 Å². The smallest absolute Gasteiger partial charge is 0.258 e. The molecular weight excluding hydrogens is 375 g/mol. The molecule has 7 heteroatoms. The molecule has 1 aromatic heterocycles. The fourth-order valence-electron chi connectivity index (χ4n) is 2.51. The van der Waals surface area contributed by atoms with Crippen LogP contribution in [0.1, 0.15) is 10.4 Å². The van der Waals surface area contributed by atoms with Gasteiger partial charge in [0.2, 0.25) is 0 Å². The number of nitrogens with zero attached hydrogens (tertiary/aromatic N) is 1. The van der Waals surface area contributed by atoms with Crippen LogP contribution in [0.2, 0.25) is 10.0 Å². The zero-order valence-electron chi connectivity index (χ0n) is 14.0. The van der Waals surface area contributed by atoms with E-state index in [1.807, 2.05) is 12.1 Å². The number of methoxy groups -OCH3 is 1. The Bertz CT molecular complexity index is 927. The second kappa shape index (κ2) is 8.36. The summed E-state index contributed by atoms with van der Waals surface area (Å²) in [5, 5.41) is 4.18. The van der Waals surface area contributed by atoms with Crippen molar-refractivity contribution in [1.82, 2.24) is 4.98 Å². The van der Waals surface area contributed by atoms with E-state index in [2.05, 4.69) is 10.3 Å². The van der Waals surface area contributed by atoms with Gasteiger partial charge in [-0.15, -0.1) is 0 Å². The summed E-state index contributed by atoms with van der Waals surface area (Å²) in [5.74, 6) is 0.263. The first-order valence-corrected chi connectivity index (χ1v) is 8.62. The highest BCUT2D eigenvalue weighted by molar-refractivity contribution is 6.40. The Labute approximate surface area is 160 Å². The summed E-state index contributed by atoms with van der Waals surface area (Å²) in [4.78, 5) is 17.0. The second-order valence-electron chi connectivity index (χ2n) is 5.40. The highest BCUT2D eigenvalue weighted by Crippen LogP contribution is 2.30. The number of benzene rings is 2. The van der Waals surface area contributed by atoms with Gasteiger partial charge in [-0.2, -0.15) is 0 Å². The molecule has 0 aliphatic heterocycles. The first kappa shape index (κ1) is 18.5. The molecule has 0 fully saturated rings. The molecule has 1 heterocycles. The van der Waals surface area contributed by atoms with Crippen LogP contribution >= 0.6 is 23.2 Å². The standard InChI is InChI=1S/C19H16Cl2N2O3/c1-25-10-11-26-16-8-9-22-18-12(16)4-2-7-15(18)23-19(24)17-13(20)5-3-6-14(17)21/h2-9H,10-11H2,1H3,(H,23,24). The Kier molecular flexibility index (Phi) is 5.93. The second-order valence-corrected chi connectivity index (χ2v) is 6.22. The van der Waals surface area contributed by atoms with Gasteiger partial charge in [0, 0.05) is 18.7 Å². The zero-order chi connectivity index (χ0) is 18.5. The summed E-state index contributed by atoms with van der Waals surface area (Å²) in [6.45, 7) is 0.896. The van der Waals surface area contributed by atoms with Crippen molar-refractivity contribution < 1.29 is 14.3 Å². The van der Waals surface area contributed by atoms with Gasteiger partial charge in [-0.25, -0.2) is 0 Å². The third-order valence-corrected chi connectivity index (χ3v) is 4.34. The summed E-state index contributed by atoms with van der Waals surface area (Å²) >= 11 is 12.2. The first-order valence-electron chi connectivity index (χ1n) is 7.86. The monoisotopic (exact) mass is 390 g/mol. The Hall–Kier alpha value is -2.34. The summed E-state index contributed by atoms with van der Waals surface area (Å²) < 4.78 is 10.7. The van der Waals surface area contributed by atoms with Gasteiger partial charge < -0.3 is 14.8 Å². The Balaban J connectivity index is 1.93. The van der Waals surface area contributed by atoms with E-state index < -0.39 is 5.91 Å². The van der Waals surface area contributed by atoms with Crippen LogP contribution in [0.5, 0.6) is 5.75 Å². The largest absolute Gasteiger partial charge is 0.490 e. The van der Waals surface area contributed by atoms with Crippen LogP contribution in [0.15, 0.2) is 48.7 Å². The van der Waals surface area contributed by atoms with Crippen molar-refractivity contribution in [3.63, 3.8) is 0 Å². The number of fused-ring (bicyclic) bond motifs is 1. The summed E-state index contributed by atoms with van der Waals surface area (Å²) in [6, 6.07) is 12.1. The van der Waals surface area contributed by atoms with Gasteiger partial charge in [0.25, 0.3) is 5.91 Å². The lowest BCUT2D eigenvalue weighted by molar-refractivity contribution is 0.102. The molecule has 0 saturated heterocycles. The fourth-order valence-corrected chi connectivity index (χ4v) is 3.08. The lowest BCUT2D eigenvalue weighted by Gasteiger charge is -2.12. The molecule has 0 bridgehead atoms. The third-order valence-electron chi connectivity index (χ3n) is 3.71. The van der Waals surface area contributed by atoms with E-state index in [9.17, 15) is 4.79 Å². The van der Waals surface area contributed by atoms with Gasteiger partial charge in [-0.3, -0.25) is 9.78 Å². The van der Waals surface area contributed by atoms with Crippen molar-refractivity contribution >= 4 is 45.7 Å². The number of para-hydroxylation sites is 1. The molecule has 0 aliphatic carbocycles. The van der Waals surface area contributed by atoms with Gasteiger partial charge in [-0.05, 0) is 30.3 Å². The van der Waals surface area contributed by atoms with Crippen LogP contribution in [0.4, 0.5) is 5.69 Å². The number of carbonyl (C=O) groups excluding carboxylic acids is 1. The van der Waals surface area contributed by atoms with Gasteiger partial charge in [-0.1, -0.05) is 35.3 Å². The fraction of sp³-hybridized carbons (Fsp3) is 0.158. The predicted octanol–water partition coefficient (Wildman–Crippen LogP) is 4.82. The van der Waals surface area contributed by atoms with Crippen LogP contribution in [0.3, 0.4) is 0 Å². The number of hydrogen-bond acceptors (Lipinski definition) is 4. The average Bonchev–Trinajstić information content (AvgIpc) is 2.62. The topological polar surface area (TPSA) is 60.5 Å². The minimum atomic E-state index is -0.402. The van der Waals surface area contributed by atoms with Crippen molar-refractivity contribution in [3.05, 3.63) is 64.3 Å². The molecule has 2 aromatic carbocycles. The molecule has 1 N–H and O–H groups in total. The number of anilines is 1. The normalized spacial score (nSPS) is 10.7. The third kappa shape index (κ3) is 3.90. The maximum atomic E-state index is 12.6. The van der Waals surface area contributed by atoms with Crippen LogP contribution in [-0.4, -0.2) is 31.2 Å². The molecular formula is C19H16Cl2N2O3.